The fraction of sp³-hybridized carbons (Fsp3) is 0.579. The molecule has 27 heavy (non-hydrogen) atoms. The van der Waals surface area contributed by atoms with Gasteiger partial charge >= 0.3 is 51.4 Å². The van der Waals surface area contributed by atoms with Crippen molar-refractivity contribution in [2.75, 3.05) is 26.0 Å². The molecule has 2 aromatic heterocycles. The van der Waals surface area contributed by atoms with Gasteiger partial charge in [-0.15, -0.1) is 11.3 Å². The molecule has 2 aromatic rings. The molecule has 6 nitrogen and oxygen atoms in total. The van der Waals surface area contributed by atoms with Crippen molar-refractivity contribution in [3.05, 3.63) is 27.3 Å². The zero-order valence-corrected chi connectivity index (χ0v) is 18.3. The maximum absolute atomic E-state index is 13.4. The molecule has 0 radical (unpaired) electrons. The molecule has 1 atom stereocenters. The fourth-order valence-electron chi connectivity index (χ4n) is 2.16. The van der Waals surface area contributed by atoms with Crippen molar-refractivity contribution in [3.8, 4) is 5.75 Å². The molecule has 0 spiro atoms. The van der Waals surface area contributed by atoms with Crippen LogP contribution in [0.5, 0.6) is 5.75 Å². The number of fused-ring (bicyclic) bond motifs is 1. The second-order valence-corrected chi connectivity index (χ2v) is 5.76. The van der Waals surface area contributed by atoms with Crippen LogP contribution in [-0.4, -0.2) is 41.4 Å². The van der Waals surface area contributed by atoms with Crippen LogP contribution in [-0.2, 0) is 0 Å². The number of amides is 1. The number of likely N-dealkylation sites (tertiary alicyclic amines) is 1. The number of pyridine rings is 1. The van der Waals surface area contributed by atoms with E-state index in [4.69, 9.17) is 26.1 Å². The zero-order chi connectivity index (χ0) is 35.5. The average Bonchev–Trinajstić information content (AvgIpc) is 3.13. The normalized spacial score (nSPS) is 37.9. The van der Waals surface area contributed by atoms with Gasteiger partial charge < -0.3 is 15.3 Å². The topological polar surface area (TPSA) is 77.4 Å². The van der Waals surface area contributed by atoms with E-state index in [0.717, 1.165) is 6.92 Å². The Kier molecular flexibility index (Phi) is 3.17. The van der Waals surface area contributed by atoms with E-state index in [0.29, 0.717) is 11.3 Å². The van der Waals surface area contributed by atoms with Crippen molar-refractivity contribution < 1.29 is 87.4 Å². The molecule has 1 amide bonds. The molecule has 1 fully saturated rings. The number of hydrogen-bond donors (Lipinski definition) is 1. The van der Waals surface area contributed by atoms with Gasteiger partial charge in [-0.1, -0.05) is 12.1 Å². The van der Waals surface area contributed by atoms with Crippen LogP contribution >= 0.6 is 11.3 Å². The Morgan fingerprint density at radius 3 is 3.04 bits per heavy atom. The molecule has 1 aliphatic heterocycles. The number of nitrogens with zero attached hydrogens (tertiary/aromatic N) is 2. The summed E-state index contributed by atoms with van der Waals surface area (Å²) in [6.45, 7) is -15.0. The first-order valence-corrected chi connectivity index (χ1v) is 8.07. The van der Waals surface area contributed by atoms with Crippen LogP contribution in [0.3, 0.4) is 0 Å². The number of carbonyl (C=O) groups is 1. The van der Waals surface area contributed by atoms with Crippen LogP contribution in [0.25, 0.3) is 10.2 Å². The van der Waals surface area contributed by atoms with Crippen LogP contribution in [0.2, 0.25) is 1.41 Å². The molecule has 1 N–H and O–H groups in total. The molecule has 0 aliphatic carbocycles. The van der Waals surface area contributed by atoms with E-state index in [2.05, 4.69) is 0 Å². The third-order valence-corrected chi connectivity index (χ3v) is 4.04. The summed E-state index contributed by atoms with van der Waals surface area (Å²) in [4.78, 5) is 25.6. The van der Waals surface area contributed by atoms with Crippen molar-refractivity contribution in [2.45, 2.75) is 45.3 Å². The summed E-state index contributed by atoms with van der Waals surface area (Å²) in [6, 6.07) is -3.68. The Morgan fingerprint density at radius 1 is 1.59 bits per heavy atom. The molecular weight excluding hydrogens is 389 g/mol. The Hall–Kier alpha value is -0.224. The standard InChI is InChI=1S/C19H27N3O3S.K/c1-13(2)22-18(25)15(16(23)14-7-12-26-19(14)22)17(24)20-8-6-11-21-9-4-3-5-10-21;/h7,12-13,23H,3-6,8-11H2,1-2H3,(H,20,24);/q;+1/p-1/i1D3,3D2,4D2,5D2,7D,9D2,10D2,11D2,12D,13D;/hD. The number of nitrogens with one attached hydrogen (secondary N) is 1. The number of thiophene rings is 1. The van der Waals surface area contributed by atoms with Crippen LogP contribution < -0.4 is 67.4 Å². The maximum Gasteiger partial charge on any atom is 1.00 e. The van der Waals surface area contributed by atoms with Crippen molar-refractivity contribution in [3.63, 3.8) is 0 Å². The van der Waals surface area contributed by atoms with Gasteiger partial charge in [-0.05, 0) is 63.8 Å². The van der Waals surface area contributed by atoms with Gasteiger partial charge in [-0.3, -0.25) is 14.2 Å². The third-order valence-electron chi connectivity index (χ3n) is 3.26. The minimum atomic E-state index is -3.88. The molecule has 3 rings (SSSR count). The minimum absolute atomic E-state index is 0. The molecule has 0 aromatic carbocycles. The van der Waals surface area contributed by atoms with Crippen molar-refractivity contribution in [1.29, 1.82) is 0 Å². The Balaban J connectivity index is 0.00000736. The van der Waals surface area contributed by atoms with E-state index in [1.165, 1.54) is 0 Å². The minimum Gasteiger partial charge on any atom is -0.871 e. The SMILES string of the molecule is [2H]c1sc2c(c1[2H])c([O-])c(C(=O)N([2H])CCC([2H])([2H])N1C([2H])([2H])C([2H])([2H])C([2H])([2H])C([2H])([2H])C1([2H])[2H])c(=O)n2C([2H])(C)C([2H])([2H])[2H].[K+]. The van der Waals surface area contributed by atoms with Gasteiger partial charge in [-0.2, -0.15) is 0 Å². The molecule has 1 saturated heterocycles. The van der Waals surface area contributed by atoms with Gasteiger partial charge in [0.2, 0.25) is 0 Å². The van der Waals surface area contributed by atoms with E-state index in [9.17, 15) is 14.7 Å². The second kappa shape index (κ2) is 10.5. The Morgan fingerprint density at radius 2 is 2.33 bits per heavy atom. The van der Waals surface area contributed by atoms with Crippen LogP contribution in [0.4, 0.5) is 0 Å². The monoisotopic (exact) mass is 434 g/mol. The molecular formula is C19H26KN3O3S. The van der Waals surface area contributed by atoms with Crippen molar-refractivity contribution in [1.82, 2.24) is 14.8 Å². The van der Waals surface area contributed by atoms with E-state index in [-0.39, 0.29) is 61.3 Å². The Labute approximate surface area is 233 Å². The number of hydrogen-bond acceptors (Lipinski definition) is 5. The molecule has 142 valence electrons. The van der Waals surface area contributed by atoms with Gasteiger partial charge in [0, 0.05) is 38.5 Å². The summed E-state index contributed by atoms with van der Waals surface area (Å²) in [5, 5.41) is 11.6. The van der Waals surface area contributed by atoms with Gasteiger partial charge in [-0.25, -0.2) is 0 Å². The molecule has 0 saturated carbocycles. The number of aromatic nitrogens is 1. The second-order valence-electron chi connectivity index (χ2n) is 4.97. The van der Waals surface area contributed by atoms with Crippen molar-refractivity contribution in [2.24, 2.45) is 0 Å². The molecule has 1 unspecified atom stereocenters. The average molecular weight is 435 g/mol. The van der Waals surface area contributed by atoms with Crippen LogP contribution in [0.15, 0.2) is 16.2 Å². The van der Waals surface area contributed by atoms with Gasteiger partial charge in [0.1, 0.15) is 4.83 Å². The number of piperidine rings is 1. The predicted molar refractivity (Wildman–Crippen MR) is 103 cm³/mol. The maximum atomic E-state index is 13.4. The van der Waals surface area contributed by atoms with E-state index in [1.54, 1.807) is 0 Å². The van der Waals surface area contributed by atoms with Crippen LogP contribution in [0.1, 0.15) is 80.4 Å². The smallest absolute Gasteiger partial charge is 0.871 e. The quantitative estimate of drug-likeness (QED) is 0.612. The van der Waals surface area contributed by atoms with E-state index in [1.807, 2.05) is 0 Å². The number of rotatable bonds is 6. The largest absolute Gasteiger partial charge is 1.00 e. The molecule has 1 aliphatic rings. The van der Waals surface area contributed by atoms with E-state index >= 15 is 0 Å². The summed E-state index contributed by atoms with van der Waals surface area (Å²) in [5.41, 5.74) is -3.13. The summed E-state index contributed by atoms with van der Waals surface area (Å²) >= 11 is 0.320. The van der Waals surface area contributed by atoms with Gasteiger partial charge in [0.25, 0.3) is 11.5 Å². The van der Waals surface area contributed by atoms with Gasteiger partial charge in [0.05, 0.1) is 9.68 Å². The van der Waals surface area contributed by atoms with Gasteiger partial charge in [0.15, 0.2) is 1.41 Å². The number of carbonyl (C=O) groups excluding carboxylic acids is 1. The van der Waals surface area contributed by atoms with Crippen LogP contribution in [0, 0.1) is 0 Å². The summed E-state index contributed by atoms with van der Waals surface area (Å²) in [7, 11) is 0. The summed E-state index contributed by atoms with van der Waals surface area (Å²) in [5.74, 6) is -3.30. The zero-order valence-electron chi connectivity index (χ0n) is 33.4. The molecule has 8 heteroatoms. The molecule has 0 bridgehead atoms. The van der Waals surface area contributed by atoms with Crippen molar-refractivity contribution >= 4 is 27.5 Å². The predicted octanol–water partition coefficient (Wildman–Crippen LogP) is -0.673. The summed E-state index contributed by atoms with van der Waals surface area (Å²) < 4.78 is 153. The summed E-state index contributed by atoms with van der Waals surface area (Å²) in [6.07, 6.45) is -12.9. The first kappa shape index (κ1) is 8.13. The first-order chi connectivity index (χ1) is 19.8. The molecule has 3 heterocycles. The first-order valence-electron chi connectivity index (χ1n) is 16.7. The van der Waals surface area contributed by atoms with E-state index < -0.39 is 114 Å². The third kappa shape index (κ3) is 5.23. The fourth-order valence-corrected chi connectivity index (χ4v) is 2.97. The Bertz CT molecular complexity index is 1570.